The molecule has 1 saturated heterocycles. The average molecular weight is 535 g/mol. The van der Waals surface area contributed by atoms with Crippen LogP contribution in [-0.4, -0.2) is 59.3 Å². The number of hydrogen-bond donors (Lipinski definition) is 0. The average Bonchev–Trinajstić information content (AvgIpc) is 3.61. The Balaban J connectivity index is 1.19. The zero-order valence-electron chi connectivity index (χ0n) is 22.9. The van der Waals surface area contributed by atoms with E-state index in [0.717, 1.165) is 73.5 Å². The molecule has 0 spiro atoms. The lowest BCUT2D eigenvalue weighted by molar-refractivity contribution is -0.119. The van der Waals surface area contributed by atoms with Gasteiger partial charge in [0, 0.05) is 68.2 Å². The van der Waals surface area contributed by atoms with Crippen molar-refractivity contribution in [3.8, 4) is 0 Å². The number of aromatic nitrogens is 1. The van der Waals surface area contributed by atoms with Crippen molar-refractivity contribution in [1.82, 2.24) is 14.8 Å². The number of anilines is 1. The van der Waals surface area contributed by atoms with Gasteiger partial charge in [0.15, 0.2) is 0 Å². The van der Waals surface area contributed by atoms with Gasteiger partial charge < -0.3 is 9.80 Å². The molecule has 1 aliphatic carbocycles. The van der Waals surface area contributed by atoms with Crippen LogP contribution < -0.4 is 4.90 Å². The van der Waals surface area contributed by atoms with E-state index >= 15 is 0 Å². The van der Waals surface area contributed by atoms with Crippen LogP contribution in [0.15, 0.2) is 42.2 Å². The summed E-state index contributed by atoms with van der Waals surface area (Å²) in [5.74, 6) is 1.16. The van der Waals surface area contributed by atoms with E-state index in [2.05, 4.69) is 16.1 Å². The maximum absolute atomic E-state index is 13.4. The van der Waals surface area contributed by atoms with Crippen LogP contribution >= 0.6 is 11.6 Å². The largest absolute Gasteiger partial charge is 0.314 e. The van der Waals surface area contributed by atoms with Crippen molar-refractivity contribution in [2.75, 3.05) is 37.6 Å². The molecule has 1 atom stereocenters. The fourth-order valence-corrected chi connectivity index (χ4v) is 6.51. The fourth-order valence-electron chi connectivity index (χ4n) is 6.34. The Kier molecular flexibility index (Phi) is 8.20. The van der Waals surface area contributed by atoms with Crippen molar-refractivity contribution >= 4 is 29.1 Å². The van der Waals surface area contributed by atoms with Crippen LogP contribution in [0.1, 0.15) is 65.7 Å². The number of amides is 2. The number of pyridine rings is 1. The molecule has 5 rings (SSSR count). The lowest BCUT2D eigenvalue weighted by atomic mass is 10.0. The summed E-state index contributed by atoms with van der Waals surface area (Å²) in [6, 6.07) is 7.86. The van der Waals surface area contributed by atoms with Crippen molar-refractivity contribution < 1.29 is 9.59 Å². The minimum absolute atomic E-state index is 0.0507. The number of aryl methyl sites for hydroxylation is 3. The van der Waals surface area contributed by atoms with Gasteiger partial charge in [-0.3, -0.25) is 19.5 Å². The Bertz CT molecular complexity index is 1220. The van der Waals surface area contributed by atoms with Gasteiger partial charge in [0.1, 0.15) is 0 Å². The predicted molar refractivity (Wildman–Crippen MR) is 152 cm³/mol. The quantitative estimate of drug-likeness (QED) is 0.421. The second-order valence-corrected chi connectivity index (χ2v) is 11.8. The molecule has 3 aliphatic rings. The third kappa shape index (κ3) is 5.81. The molecule has 202 valence electrons. The number of fused-ring (bicyclic) bond motifs is 1. The van der Waals surface area contributed by atoms with Gasteiger partial charge in [-0.15, -0.1) is 0 Å². The van der Waals surface area contributed by atoms with Crippen LogP contribution in [0, 0.1) is 32.6 Å². The fraction of sp³-hybridized carbons (Fsp3) is 0.516. The van der Waals surface area contributed by atoms with Crippen LogP contribution in [0.4, 0.5) is 5.69 Å². The highest BCUT2D eigenvalue weighted by Gasteiger charge is 2.36. The van der Waals surface area contributed by atoms with Crippen LogP contribution in [0.25, 0.3) is 0 Å². The van der Waals surface area contributed by atoms with Crippen molar-refractivity contribution in [2.24, 2.45) is 11.8 Å². The van der Waals surface area contributed by atoms with Gasteiger partial charge in [-0.05, 0) is 80.9 Å². The van der Waals surface area contributed by atoms with Crippen molar-refractivity contribution in [3.63, 3.8) is 0 Å². The Labute approximate surface area is 231 Å². The molecule has 0 radical (unpaired) electrons. The maximum atomic E-state index is 13.4. The van der Waals surface area contributed by atoms with Gasteiger partial charge >= 0.3 is 0 Å². The topological polar surface area (TPSA) is 56.8 Å². The molecule has 0 N–H and O–H groups in total. The summed E-state index contributed by atoms with van der Waals surface area (Å²) >= 11 is 6.43. The number of benzene rings is 1. The lowest BCUT2D eigenvalue weighted by Crippen LogP contribution is -2.35. The van der Waals surface area contributed by atoms with E-state index in [1.54, 1.807) is 6.20 Å². The molecule has 1 saturated carbocycles. The van der Waals surface area contributed by atoms with E-state index in [1.807, 2.05) is 54.8 Å². The number of halogens is 1. The zero-order valence-corrected chi connectivity index (χ0v) is 23.6. The first kappa shape index (κ1) is 26.9. The molecule has 1 unspecified atom stereocenters. The van der Waals surface area contributed by atoms with Crippen molar-refractivity contribution in [2.45, 2.75) is 59.3 Å². The molecular weight excluding hydrogens is 496 g/mol. The third-order valence-corrected chi connectivity index (χ3v) is 8.94. The predicted octanol–water partition coefficient (Wildman–Crippen LogP) is 5.94. The van der Waals surface area contributed by atoms with E-state index in [4.69, 9.17) is 11.6 Å². The summed E-state index contributed by atoms with van der Waals surface area (Å²) < 4.78 is 0. The highest BCUT2D eigenvalue weighted by atomic mass is 35.5. The standard InChI is InChI=1S/C31H39ClN4O2/c1-21-9-10-27(16-28(21)32)36(29(37)15-24-7-4-5-8-24)14-6-13-34-17-25-19-35(20-26(25)18-34)31(38)30-22(2)11-12-33-23(30)3/h9-12,16,19,24,26H,4-8,13-15,17-18,20H2,1-3H3. The van der Waals surface area contributed by atoms with E-state index in [9.17, 15) is 9.59 Å². The van der Waals surface area contributed by atoms with E-state index in [-0.39, 0.29) is 11.8 Å². The van der Waals surface area contributed by atoms with Crippen LogP contribution in [0.2, 0.25) is 5.02 Å². The van der Waals surface area contributed by atoms with Gasteiger partial charge in [0.05, 0.1) is 11.3 Å². The molecule has 2 aromatic rings. The van der Waals surface area contributed by atoms with Gasteiger partial charge in [0.2, 0.25) is 5.91 Å². The molecule has 2 fully saturated rings. The molecule has 7 heteroatoms. The normalized spacial score (nSPS) is 19.6. The highest BCUT2D eigenvalue weighted by Crippen LogP contribution is 2.32. The van der Waals surface area contributed by atoms with Gasteiger partial charge in [-0.1, -0.05) is 30.5 Å². The number of nitrogens with zero attached hydrogens (tertiary/aromatic N) is 4. The monoisotopic (exact) mass is 534 g/mol. The third-order valence-electron chi connectivity index (χ3n) is 8.53. The first-order valence-corrected chi connectivity index (χ1v) is 14.4. The van der Waals surface area contributed by atoms with Crippen LogP contribution in [-0.2, 0) is 4.79 Å². The number of carbonyl (C=O) groups excluding carboxylic acids is 2. The molecule has 6 nitrogen and oxygen atoms in total. The second-order valence-electron chi connectivity index (χ2n) is 11.4. The highest BCUT2D eigenvalue weighted by molar-refractivity contribution is 6.31. The summed E-state index contributed by atoms with van der Waals surface area (Å²) in [5.41, 5.74) is 5.74. The van der Waals surface area contributed by atoms with Crippen LogP contribution in [0.3, 0.4) is 0 Å². The first-order chi connectivity index (χ1) is 18.3. The summed E-state index contributed by atoms with van der Waals surface area (Å²) in [6.45, 7) is 10.0. The Morgan fingerprint density at radius 3 is 2.58 bits per heavy atom. The summed E-state index contributed by atoms with van der Waals surface area (Å²) in [7, 11) is 0. The lowest BCUT2D eigenvalue weighted by Gasteiger charge is -2.26. The molecule has 2 amide bonds. The summed E-state index contributed by atoms with van der Waals surface area (Å²) in [4.78, 5) is 37.2. The van der Waals surface area contributed by atoms with Gasteiger partial charge in [-0.2, -0.15) is 0 Å². The van der Waals surface area contributed by atoms with Gasteiger partial charge in [0.25, 0.3) is 5.91 Å². The number of likely N-dealkylation sites (tertiary alicyclic amines) is 1. The number of carbonyl (C=O) groups is 2. The Morgan fingerprint density at radius 2 is 1.87 bits per heavy atom. The molecule has 1 aromatic heterocycles. The smallest absolute Gasteiger partial charge is 0.259 e. The Morgan fingerprint density at radius 1 is 1.08 bits per heavy atom. The number of hydrogen-bond acceptors (Lipinski definition) is 4. The van der Waals surface area contributed by atoms with E-state index in [1.165, 1.54) is 18.4 Å². The molecular formula is C31H39ClN4O2. The summed E-state index contributed by atoms with van der Waals surface area (Å²) in [6.07, 6.45) is 10.2. The minimum Gasteiger partial charge on any atom is -0.314 e. The number of rotatable bonds is 8. The molecule has 2 aliphatic heterocycles. The van der Waals surface area contributed by atoms with Gasteiger partial charge in [-0.25, -0.2) is 0 Å². The van der Waals surface area contributed by atoms with E-state index in [0.29, 0.717) is 29.8 Å². The van der Waals surface area contributed by atoms with Crippen molar-refractivity contribution in [3.05, 3.63) is 69.6 Å². The zero-order chi connectivity index (χ0) is 26.8. The first-order valence-electron chi connectivity index (χ1n) is 14.0. The molecule has 3 heterocycles. The molecule has 1 aromatic carbocycles. The summed E-state index contributed by atoms with van der Waals surface area (Å²) in [5, 5.41) is 0.705. The second kappa shape index (κ2) is 11.6. The maximum Gasteiger partial charge on any atom is 0.259 e. The van der Waals surface area contributed by atoms with Crippen LogP contribution in [0.5, 0.6) is 0 Å². The minimum atomic E-state index is 0.0507. The SMILES string of the molecule is Cc1ccc(N(CCCN2CC3=CN(C(=O)c4c(C)ccnc4C)CC3C2)C(=O)CC2CCCC2)cc1Cl. The Hall–Kier alpha value is -2.70. The van der Waals surface area contributed by atoms with E-state index < -0.39 is 0 Å². The van der Waals surface area contributed by atoms with Crippen molar-refractivity contribution in [1.29, 1.82) is 0 Å². The molecule has 0 bridgehead atoms. The molecule has 38 heavy (non-hydrogen) atoms.